The van der Waals surface area contributed by atoms with Gasteiger partial charge in [-0.15, -0.1) is 0 Å². The summed E-state index contributed by atoms with van der Waals surface area (Å²) < 4.78 is 14.9. The van der Waals surface area contributed by atoms with Crippen LogP contribution in [0.4, 0.5) is 0 Å². The number of ether oxygens (including phenoxy) is 2. The fraction of sp³-hybridized carbons (Fsp3) is 0.746. The van der Waals surface area contributed by atoms with Crippen LogP contribution >= 0.6 is 0 Å². The van der Waals surface area contributed by atoms with Crippen molar-refractivity contribution in [2.75, 3.05) is 19.6 Å². The Morgan fingerprint density at radius 1 is 0.845 bits per heavy atom. The van der Waals surface area contributed by atoms with Crippen LogP contribution in [0.1, 0.15) is 183 Å². The molecule has 0 aromatic heterocycles. The molecule has 5 spiro atoms. The van der Waals surface area contributed by atoms with Crippen LogP contribution in [0.15, 0.2) is 63.8 Å². The normalized spacial score (nSPS) is 47.9. The van der Waals surface area contributed by atoms with Crippen molar-refractivity contribution in [3.8, 4) is 0 Å². The molecule has 0 radical (unpaired) electrons. The second-order valence-electron chi connectivity index (χ2n) is 28.0. The zero-order valence-electron chi connectivity index (χ0n) is 42.7. The van der Waals surface area contributed by atoms with Gasteiger partial charge in [0.05, 0.1) is 11.0 Å². The van der Waals surface area contributed by atoms with Crippen LogP contribution in [0.5, 0.6) is 0 Å². The predicted molar refractivity (Wildman–Crippen MR) is 270 cm³/mol. The van der Waals surface area contributed by atoms with E-state index in [0.717, 1.165) is 62.6 Å². The Hall–Kier alpha value is -3.36. The number of hydrogen-bond acceptors (Lipinski definition) is 8. The highest BCUT2D eigenvalue weighted by atomic mass is 16.6. The fourth-order valence-electron chi connectivity index (χ4n) is 24.0. The van der Waals surface area contributed by atoms with Crippen molar-refractivity contribution in [1.82, 2.24) is 9.80 Å². The lowest BCUT2D eigenvalue weighted by Gasteiger charge is -2.74. The van der Waals surface area contributed by atoms with Crippen LogP contribution in [-0.4, -0.2) is 64.6 Å². The summed E-state index contributed by atoms with van der Waals surface area (Å²) in [4.78, 5) is 38.3. The molecule has 8 nitrogen and oxygen atoms in total. The first-order chi connectivity index (χ1) is 34.7. The highest BCUT2D eigenvalue weighted by Gasteiger charge is 2.94. The first-order valence-electron chi connectivity index (χ1n) is 30.1. The SMILES string of the molecule is CC1CC2=C3C4C5=C6C7CC14CCC7=CC(C1CCCC1)CC1C64C(=O)OC(=C(O)C6CCC7C8CC(CN7C6C6CCC7(CCCC7)C6)C(CC2)N3C8)C4(CC5)C12OC(=O)c1c(CCCN)cccc12. The van der Waals surface area contributed by atoms with Crippen LogP contribution in [-0.2, 0) is 26.3 Å². The van der Waals surface area contributed by atoms with Crippen LogP contribution in [0.2, 0.25) is 0 Å². The molecule has 1 aromatic carbocycles. The molecule has 5 saturated carbocycles. The predicted octanol–water partition coefficient (Wildman–Crippen LogP) is 11.7. The quantitative estimate of drug-likeness (QED) is 0.222. The van der Waals surface area contributed by atoms with Crippen molar-refractivity contribution < 1.29 is 24.2 Å². The summed E-state index contributed by atoms with van der Waals surface area (Å²) in [5.41, 5.74) is 14.5. The van der Waals surface area contributed by atoms with Crippen molar-refractivity contribution in [2.45, 2.75) is 191 Å². The van der Waals surface area contributed by atoms with Gasteiger partial charge in [0.2, 0.25) is 0 Å². The first kappa shape index (κ1) is 42.9. The Kier molecular flexibility index (Phi) is 8.66. The molecule has 17 rings (SSSR count). The van der Waals surface area contributed by atoms with E-state index in [4.69, 9.17) is 15.2 Å². The van der Waals surface area contributed by atoms with Gasteiger partial charge in [0, 0.05) is 66.1 Å². The smallest absolute Gasteiger partial charge is 0.339 e. The minimum atomic E-state index is -1.12. The molecule has 9 fully saturated rings. The molecule has 9 aliphatic carbocycles. The Bertz CT molecular complexity index is 2720. The third-order valence-corrected chi connectivity index (χ3v) is 26.2. The third-order valence-electron chi connectivity index (χ3n) is 26.2. The number of piperidine rings is 3. The maximum absolute atomic E-state index is 16.8. The number of aliphatic hydroxyl groups is 1. The number of allylic oxidation sites excluding steroid dienone is 4. The van der Waals surface area contributed by atoms with Crippen molar-refractivity contribution in [3.63, 3.8) is 0 Å². The molecule has 7 heterocycles. The summed E-state index contributed by atoms with van der Waals surface area (Å²) in [6.07, 6.45) is 31.5. The third kappa shape index (κ3) is 4.85. The number of nitrogens with zero attached hydrogens (tertiary/aromatic N) is 2. The lowest BCUT2D eigenvalue weighted by molar-refractivity contribution is -0.284. The van der Waals surface area contributed by atoms with E-state index in [1.807, 2.05) is 0 Å². The van der Waals surface area contributed by atoms with E-state index in [1.165, 1.54) is 115 Å². The topological polar surface area (TPSA) is 105 Å². The van der Waals surface area contributed by atoms with Gasteiger partial charge in [0.1, 0.15) is 11.2 Å². The molecule has 4 saturated heterocycles. The van der Waals surface area contributed by atoms with Gasteiger partial charge in [-0.05, 0) is 199 Å². The molecule has 0 amide bonds. The molecule has 16 aliphatic rings. The highest BCUT2D eigenvalue weighted by molar-refractivity contribution is 6.00. The van der Waals surface area contributed by atoms with E-state index < -0.39 is 16.4 Å². The summed E-state index contributed by atoms with van der Waals surface area (Å²) in [5, 5.41) is 14.2. The van der Waals surface area contributed by atoms with Crippen LogP contribution in [0.3, 0.4) is 0 Å². The number of carbonyl (C=O) groups excluding carboxylic acids is 2. The second-order valence-corrected chi connectivity index (χ2v) is 28.0. The summed E-state index contributed by atoms with van der Waals surface area (Å²) in [6, 6.07) is 7.81. The number of fused-ring (bicyclic) bond motifs is 8. The fourth-order valence-corrected chi connectivity index (χ4v) is 24.0. The van der Waals surface area contributed by atoms with Gasteiger partial charge in [0.25, 0.3) is 0 Å². The van der Waals surface area contributed by atoms with E-state index in [0.29, 0.717) is 95.4 Å². The van der Waals surface area contributed by atoms with E-state index in [2.05, 4.69) is 41.0 Å². The maximum atomic E-state index is 16.8. The number of aliphatic hydroxyl groups excluding tert-OH is 1. The summed E-state index contributed by atoms with van der Waals surface area (Å²) in [5.74, 6) is 3.88. The molecule has 71 heavy (non-hydrogen) atoms. The number of aryl methyl sites for hydroxylation is 1. The number of benzene rings is 1. The Morgan fingerprint density at radius 3 is 2.56 bits per heavy atom. The number of nitrogens with two attached hydrogens (primary N) is 1. The van der Waals surface area contributed by atoms with Gasteiger partial charge in [-0.1, -0.05) is 73.6 Å². The van der Waals surface area contributed by atoms with Crippen molar-refractivity contribution in [3.05, 3.63) is 80.5 Å². The summed E-state index contributed by atoms with van der Waals surface area (Å²) in [6.45, 7) is 5.52. The van der Waals surface area contributed by atoms with Gasteiger partial charge in [0.15, 0.2) is 11.4 Å². The lowest BCUT2D eigenvalue weighted by atomic mass is 9.26. The Morgan fingerprint density at radius 2 is 1.70 bits per heavy atom. The van der Waals surface area contributed by atoms with Gasteiger partial charge >= 0.3 is 11.9 Å². The van der Waals surface area contributed by atoms with Gasteiger partial charge in [-0.2, -0.15) is 0 Å². The largest absolute Gasteiger partial charge is 0.508 e. The van der Waals surface area contributed by atoms with Gasteiger partial charge in [-0.3, -0.25) is 9.69 Å². The standard InChI is InChI=1S/C63H79N3O5/c1-34-26-38-13-15-47-41-28-42-33-66(47)54(38)52-43-19-24-61-56(55(67)44-14-16-48(42)65(32-41)53(44)39-17-22-59(30-39)20-4-5-21-59)70-58(69)62(61)49(63(61)46-12-6-10-36(11-7-25-64)50(46)57(68)71-63)29-40(35-8-2-3-9-35)27-37-18-23-60(34,52)31-45(37)51(43)62/h6,10,12,27,34-35,39-42,44-45,47-49,52-53,67H,2-5,7-9,11,13-26,28-33,64H2,1H3. The minimum Gasteiger partial charge on any atom is -0.508 e. The average molecular weight is 958 g/mol. The van der Waals surface area contributed by atoms with Crippen LogP contribution in [0, 0.1) is 80.8 Å². The monoisotopic (exact) mass is 958 g/mol. The number of carbonyl (C=O) groups is 2. The molecule has 16 unspecified atom stereocenters. The molecule has 8 heteroatoms. The van der Waals surface area contributed by atoms with Crippen LogP contribution in [0.25, 0.3) is 0 Å². The average Bonchev–Trinajstić information content (AvgIpc) is 4.34. The molecule has 9 bridgehead atoms. The minimum absolute atomic E-state index is 0.111. The Labute approximate surface area is 422 Å². The highest BCUT2D eigenvalue weighted by Crippen LogP contribution is 2.89. The lowest BCUT2D eigenvalue weighted by Crippen LogP contribution is -2.78. The molecular formula is C63H79N3O5. The van der Waals surface area contributed by atoms with Gasteiger partial charge < -0.3 is 25.2 Å². The zero-order chi connectivity index (χ0) is 47.1. The first-order valence-corrected chi connectivity index (χ1v) is 30.1. The summed E-state index contributed by atoms with van der Waals surface area (Å²) >= 11 is 0. The molecule has 1 aromatic rings. The molecule has 7 aliphatic heterocycles. The number of rotatable bonds is 5. The van der Waals surface area contributed by atoms with Gasteiger partial charge in [-0.25, -0.2) is 4.79 Å². The summed E-state index contributed by atoms with van der Waals surface area (Å²) in [7, 11) is 0. The second kappa shape index (κ2) is 14.3. The molecule has 3 N–H and O–H groups in total. The van der Waals surface area contributed by atoms with E-state index >= 15 is 9.59 Å². The molecule has 376 valence electrons. The van der Waals surface area contributed by atoms with Crippen molar-refractivity contribution in [2.24, 2.45) is 86.6 Å². The molecule has 16 atom stereocenters. The molecular weight excluding hydrogens is 879 g/mol. The van der Waals surface area contributed by atoms with Crippen molar-refractivity contribution >= 4 is 11.9 Å². The van der Waals surface area contributed by atoms with E-state index in [9.17, 15) is 5.11 Å². The van der Waals surface area contributed by atoms with E-state index in [1.54, 1.807) is 22.4 Å². The zero-order valence-corrected chi connectivity index (χ0v) is 42.7. The van der Waals surface area contributed by atoms with E-state index in [-0.39, 0.29) is 41.1 Å². The maximum Gasteiger partial charge on any atom is 0.339 e. The Balaban J connectivity index is 0.975. The number of esters is 2. The van der Waals surface area contributed by atoms with Crippen molar-refractivity contribution in [1.29, 1.82) is 0 Å². The van der Waals surface area contributed by atoms with Crippen LogP contribution < -0.4 is 5.73 Å². The number of hydrogen-bond donors (Lipinski definition) is 2.